The Labute approximate surface area is 122 Å². The van der Waals surface area contributed by atoms with Gasteiger partial charge in [0.15, 0.2) is 0 Å². The first-order valence-corrected chi connectivity index (χ1v) is 7.38. The fourth-order valence-electron chi connectivity index (χ4n) is 2.12. The molecule has 1 N–H and O–H groups in total. The van der Waals surface area contributed by atoms with Gasteiger partial charge in [0.25, 0.3) is 0 Å². The molecule has 0 fully saturated rings. The van der Waals surface area contributed by atoms with E-state index < -0.39 is 0 Å². The number of hydrogen-bond acceptors (Lipinski definition) is 2. The second-order valence-corrected chi connectivity index (χ2v) is 5.96. The third-order valence-electron chi connectivity index (χ3n) is 3.56. The average molecular weight is 284 g/mol. The van der Waals surface area contributed by atoms with Gasteiger partial charge in [-0.05, 0) is 51.3 Å². The molecule has 0 saturated heterocycles. The van der Waals surface area contributed by atoms with Crippen molar-refractivity contribution in [3.8, 4) is 0 Å². The molecule has 0 aromatic heterocycles. The predicted octanol–water partition coefficient (Wildman–Crippen LogP) is 4.07. The van der Waals surface area contributed by atoms with Gasteiger partial charge in [-0.1, -0.05) is 36.7 Å². The highest BCUT2D eigenvalue weighted by molar-refractivity contribution is 6.31. The van der Waals surface area contributed by atoms with Gasteiger partial charge in [0.1, 0.15) is 0 Å². The highest BCUT2D eigenvalue weighted by atomic mass is 35.5. The van der Waals surface area contributed by atoms with Crippen LogP contribution in [0.15, 0.2) is 24.3 Å². The Morgan fingerprint density at radius 3 is 2.58 bits per heavy atom. The van der Waals surface area contributed by atoms with Crippen LogP contribution in [0.1, 0.15) is 39.2 Å². The molecule has 3 heteroatoms. The van der Waals surface area contributed by atoms with E-state index in [1.54, 1.807) is 7.11 Å². The smallest absolute Gasteiger partial charge is 0.0623 e. The van der Waals surface area contributed by atoms with E-state index in [4.69, 9.17) is 16.3 Å². The summed E-state index contributed by atoms with van der Waals surface area (Å²) < 4.78 is 5.49. The second-order valence-electron chi connectivity index (χ2n) is 5.55. The van der Waals surface area contributed by atoms with Crippen molar-refractivity contribution in [2.75, 3.05) is 13.7 Å². The Morgan fingerprint density at radius 1 is 1.32 bits per heavy atom. The molecule has 1 rings (SSSR count). The van der Waals surface area contributed by atoms with E-state index in [1.165, 1.54) is 5.56 Å². The Morgan fingerprint density at radius 2 is 2.00 bits per heavy atom. The lowest BCUT2D eigenvalue weighted by Gasteiger charge is -2.26. The van der Waals surface area contributed by atoms with Gasteiger partial charge in [0, 0.05) is 18.2 Å². The number of ether oxygens (including phenoxy) is 1. The zero-order valence-electron chi connectivity index (χ0n) is 12.5. The Kier molecular flexibility index (Phi) is 6.84. The summed E-state index contributed by atoms with van der Waals surface area (Å²) in [6.45, 7) is 7.38. The molecular formula is C16H26ClNO. The Hall–Kier alpha value is -0.570. The van der Waals surface area contributed by atoms with Crippen LogP contribution in [0.2, 0.25) is 5.02 Å². The first-order valence-electron chi connectivity index (χ1n) is 7.00. The number of halogens is 1. The van der Waals surface area contributed by atoms with Crippen LogP contribution in [0.4, 0.5) is 0 Å². The summed E-state index contributed by atoms with van der Waals surface area (Å²) in [4.78, 5) is 0. The molecule has 0 aliphatic rings. The largest absolute Gasteiger partial charge is 0.379 e. The van der Waals surface area contributed by atoms with E-state index in [9.17, 15) is 0 Å². The van der Waals surface area contributed by atoms with Crippen molar-refractivity contribution in [2.24, 2.45) is 0 Å². The highest BCUT2D eigenvalue weighted by Gasteiger charge is 2.19. The summed E-state index contributed by atoms with van der Waals surface area (Å²) in [7, 11) is 1.77. The van der Waals surface area contributed by atoms with Crippen molar-refractivity contribution in [2.45, 2.75) is 51.7 Å². The van der Waals surface area contributed by atoms with Gasteiger partial charge in [-0.3, -0.25) is 0 Å². The topological polar surface area (TPSA) is 21.3 Å². The zero-order chi connectivity index (χ0) is 14.3. The van der Waals surface area contributed by atoms with Gasteiger partial charge >= 0.3 is 0 Å². The van der Waals surface area contributed by atoms with E-state index in [1.807, 2.05) is 18.2 Å². The van der Waals surface area contributed by atoms with Gasteiger partial charge in [-0.25, -0.2) is 0 Å². The van der Waals surface area contributed by atoms with Crippen molar-refractivity contribution in [1.29, 1.82) is 0 Å². The third kappa shape index (κ3) is 5.94. The van der Waals surface area contributed by atoms with E-state index in [2.05, 4.69) is 32.2 Å². The predicted molar refractivity (Wildman–Crippen MR) is 82.9 cm³/mol. The van der Waals surface area contributed by atoms with Crippen molar-refractivity contribution in [3.05, 3.63) is 34.9 Å². The number of nitrogens with one attached hydrogen (secondary N) is 1. The molecule has 108 valence electrons. The lowest BCUT2D eigenvalue weighted by molar-refractivity contribution is 0.0117. The molecule has 1 unspecified atom stereocenters. The molecule has 1 aromatic carbocycles. The van der Waals surface area contributed by atoms with E-state index in [0.29, 0.717) is 6.04 Å². The fourth-order valence-corrected chi connectivity index (χ4v) is 2.33. The van der Waals surface area contributed by atoms with E-state index >= 15 is 0 Å². The van der Waals surface area contributed by atoms with Crippen molar-refractivity contribution in [1.82, 2.24) is 5.32 Å². The van der Waals surface area contributed by atoms with Crippen LogP contribution in [0.25, 0.3) is 0 Å². The van der Waals surface area contributed by atoms with Crippen LogP contribution in [-0.2, 0) is 11.2 Å². The summed E-state index contributed by atoms with van der Waals surface area (Å²) in [6, 6.07) is 8.53. The van der Waals surface area contributed by atoms with Crippen LogP contribution in [0.5, 0.6) is 0 Å². The maximum Gasteiger partial charge on any atom is 0.0623 e. The summed E-state index contributed by atoms with van der Waals surface area (Å²) in [5.74, 6) is 0. The first kappa shape index (κ1) is 16.5. The molecule has 0 amide bonds. The molecule has 1 atom stereocenters. The van der Waals surface area contributed by atoms with E-state index in [-0.39, 0.29) is 5.60 Å². The molecule has 0 spiro atoms. The minimum absolute atomic E-state index is 0.0614. The van der Waals surface area contributed by atoms with Gasteiger partial charge in [0.2, 0.25) is 0 Å². The zero-order valence-corrected chi connectivity index (χ0v) is 13.3. The van der Waals surface area contributed by atoms with Gasteiger partial charge in [-0.2, -0.15) is 0 Å². The maximum absolute atomic E-state index is 6.23. The second kappa shape index (κ2) is 7.88. The molecule has 1 aromatic rings. The van der Waals surface area contributed by atoms with Crippen molar-refractivity contribution in [3.63, 3.8) is 0 Å². The molecule has 0 saturated carbocycles. The summed E-state index contributed by atoms with van der Waals surface area (Å²) in [6.07, 6.45) is 3.08. The van der Waals surface area contributed by atoms with Gasteiger partial charge in [0.05, 0.1) is 5.60 Å². The van der Waals surface area contributed by atoms with Crippen molar-refractivity contribution >= 4 is 11.6 Å². The van der Waals surface area contributed by atoms with Gasteiger partial charge < -0.3 is 10.1 Å². The molecular weight excluding hydrogens is 258 g/mol. The average Bonchev–Trinajstić information content (AvgIpc) is 2.39. The summed E-state index contributed by atoms with van der Waals surface area (Å²) in [5.41, 5.74) is 1.15. The highest BCUT2D eigenvalue weighted by Crippen LogP contribution is 2.21. The molecule has 19 heavy (non-hydrogen) atoms. The number of methoxy groups -OCH3 is 1. The SMILES string of the molecule is CCNC(CCC(C)(C)OC)Cc1ccccc1Cl. The quantitative estimate of drug-likeness (QED) is 0.777. The number of likely N-dealkylation sites (N-methyl/N-ethyl adjacent to an activating group) is 1. The molecule has 0 bridgehead atoms. The molecule has 0 aliphatic heterocycles. The maximum atomic E-state index is 6.23. The third-order valence-corrected chi connectivity index (χ3v) is 3.93. The van der Waals surface area contributed by atoms with Crippen LogP contribution < -0.4 is 5.32 Å². The molecule has 0 aliphatic carbocycles. The monoisotopic (exact) mass is 283 g/mol. The summed E-state index contributed by atoms with van der Waals surface area (Å²) >= 11 is 6.23. The minimum atomic E-state index is -0.0614. The molecule has 0 heterocycles. The standard InChI is InChI=1S/C16H26ClNO/c1-5-18-14(10-11-16(2,3)19-4)12-13-8-6-7-9-15(13)17/h6-9,14,18H,5,10-12H2,1-4H3. The van der Waals surface area contributed by atoms with Crippen LogP contribution in [0.3, 0.4) is 0 Å². The number of rotatable bonds is 8. The normalized spacial score (nSPS) is 13.5. The van der Waals surface area contributed by atoms with Crippen LogP contribution in [-0.4, -0.2) is 25.3 Å². The van der Waals surface area contributed by atoms with E-state index in [0.717, 1.165) is 30.8 Å². The minimum Gasteiger partial charge on any atom is -0.379 e. The summed E-state index contributed by atoms with van der Waals surface area (Å²) in [5, 5.41) is 4.40. The Bertz CT molecular complexity index is 379. The fraction of sp³-hybridized carbons (Fsp3) is 0.625. The van der Waals surface area contributed by atoms with Crippen molar-refractivity contribution < 1.29 is 4.74 Å². The van der Waals surface area contributed by atoms with Crippen LogP contribution in [0, 0.1) is 0 Å². The first-order chi connectivity index (χ1) is 8.98. The van der Waals surface area contributed by atoms with Crippen LogP contribution >= 0.6 is 11.6 Å². The number of benzene rings is 1. The lowest BCUT2D eigenvalue weighted by Crippen LogP contribution is -2.34. The molecule has 2 nitrogen and oxygen atoms in total. The number of hydrogen-bond donors (Lipinski definition) is 1. The lowest BCUT2D eigenvalue weighted by atomic mass is 9.95. The van der Waals surface area contributed by atoms with Gasteiger partial charge in [-0.15, -0.1) is 0 Å². The molecule has 0 radical (unpaired) electrons. The Balaban J connectivity index is 2.60.